The van der Waals surface area contributed by atoms with E-state index in [9.17, 15) is 4.39 Å². The normalized spacial score (nSPS) is 15.2. The number of hydrogen-bond acceptors (Lipinski definition) is 3. The number of benzene rings is 2. The van der Waals surface area contributed by atoms with Gasteiger partial charge in [-0.25, -0.2) is 8.97 Å². The average Bonchev–Trinajstić information content (AvgIpc) is 3.08. The molecule has 25 heavy (non-hydrogen) atoms. The quantitative estimate of drug-likeness (QED) is 0.595. The van der Waals surface area contributed by atoms with E-state index >= 15 is 0 Å². The van der Waals surface area contributed by atoms with Crippen molar-refractivity contribution in [3.8, 4) is 16.2 Å². The van der Waals surface area contributed by atoms with Gasteiger partial charge in [-0.2, -0.15) is 0 Å². The number of halogens is 1. The second kappa shape index (κ2) is 6.73. The van der Waals surface area contributed by atoms with Crippen LogP contribution in [0.3, 0.4) is 0 Å². The van der Waals surface area contributed by atoms with Crippen LogP contribution in [0.25, 0.3) is 10.4 Å². The van der Waals surface area contributed by atoms with Gasteiger partial charge < -0.3 is 4.74 Å². The summed E-state index contributed by atoms with van der Waals surface area (Å²) in [6.07, 6.45) is -0.184. The van der Waals surface area contributed by atoms with Crippen LogP contribution in [0.5, 0.6) is 5.75 Å². The molecule has 0 bridgehead atoms. The first kappa shape index (κ1) is 16.5. The van der Waals surface area contributed by atoms with E-state index in [1.165, 1.54) is 25.9 Å². The molecular formula is C20H19FNOS2+. The van der Waals surface area contributed by atoms with Crippen LogP contribution >= 0.6 is 22.7 Å². The van der Waals surface area contributed by atoms with Gasteiger partial charge >= 0.3 is 3.98 Å². The van der Waals surface area contributed by atoms with Gasteiger partial charge in [0.05, 0.1) is 9.75 Å². The predicted octanol–water partition coefficient (Wildman–Crippen LogP) is 4.91. The SMILES string of the molecule is CC[N+](CC)=c1sc2c(s1)C(c1ccc(F)cc1)Oc1ccccc1-2. The van der Waals surface area contributed by atoms with Gasteiger partial charge in [-0.05, 0) is 43.7 Å². The lowest BCUT2D eigenvalue weighted by Gasteiger charge is -2.25. The van der Waals surface area contributed by atoms with Crippen molar-refractivity contribution in [2.75, 3.05) is 13.1 Å². The van der Waals surface area contributed by atoms with E-state index in [4.69, 9.17) is 4.74 Å². The second-order valence-corrected chi connectivity index (χ2v) is 8.17. The molecule has 1 aliphatic rings. The van der Waals surface area contributed by atoms with E-state index in [2.05, 4.69) is 24.5 Å². The van der Waals surface area contributed by atoms with Gasteiger partial charge in [-0.3, -0.25) is 0 Å². The van der Waals surface area contributed by atoms with Crippen molar-refractivity contribution < 1.29 is 9.13 Å². The fraction of sp³-hybridized carbons (Fsp3) is 0.250. The maximum Gasteiger partial charge on any atom is 0.314 e. The summed E-state index contributed by atoms with van der Waals surface area (Å²) in [6.45, 7) is 6.32. The maximum atomic E-state index is 13.3. The standard InChI is InChI=1S/C20H19FNOS2/c1-3-22(4-2)20-24-18-15-7-5-6-8-16(15)23-17(19(18)25-20)13-9-11-14(21)12-10-13/h5-12,17H,3-4H2,1-2H3/q+1. The third kappa shape index (κ3) is 2.92. The molecule has 5 heteroatoms. The molecule has 2 nitrogen and oxygen atoms in total. The molecule has 0 fully saturated rings. The zero-order chi connectivity index (χ0) is 17.4. The number of hydrogen-bond donors (Lipinski definition) is 0. The first-order valence-corrected chi connectivity index (χ1v) is 10.1. The van der Waals surface area contributed by atoms with Crippen LogP contribution in [0.4, 0.5) is 4.39 Å². The van der Waals surface area contributed by atoms with E-state index in [1.807, 2.05) is 41.7 Å². The van der Waals surface area contributed by atoms with Gasteiger partial charge in [0.1, 0.15) is 24.7 Å². The smallest absolute Gasteiger partial charge is 0.314 e. The van der Waals surface area contributed by atoms with Gasteiger partial charge in [0.2, 0.25) is 0 Å². The van der Waals surface area contributed by atoms with E-state index in [-0.39, 0.29) is 11.9 Å². The molecule has 0 saturated heterocycles. The van der Waals surface area contributed by atoms with Crippen LogP contribution in [0.15, 0.2) is 48.5 Å². The van der Waals surface area contributed by atoms with Crippen molar-refractivity contribution in [2.24, 2.45) is 0 Å². The molecule has 0 N–H and O–H groups in total. The van der Waals surface area contributed by atoms with Gasteiger partial charge in [0.15, 0.2) is 6.10 Å². The number of rotatable bonds is 3. The third-order valence-corrected chi connectivity index (χ3v) is 7.20. The molecule has 0 spiro atoms. The average molecular weight is 373 g/mol. The number of para-hydroxylation sites is 1. The van der Waals surface area contributed by atoms with Crippen molar-refractivity contribution >= 4 is 22.7 Å². The molecule has 1 unspecified atom stereocenters. The van der Waals surface area contributed by atoms with Gasteiger partial charge in [0, 0.05) is 5.56 Å². The summed E-state index contributed by atoms with van der Waals surface area (Å²) in [7, 11) is 0. The van der Waals surface area contributed by atoms with Crippen molar-refractivity contribution in [2.45, 2.75) is 20.0 Å². The number of fused-ring (bicyclic) bond motifs is 3. The highest BCUT2D eigenvalue weighted by molar-refractivity contribution is 7.29. The highest BCUT2D eigenvalue weighted by Crippen LogP contribution is 2.47. The molecule has 1 atom stereocenters. The molecule has 1 aromatic heterocycles. The van der Waals surface area contributed by atoms with E-state index in [0.29, 0.717) is 0 Å². The fourth-order valence-corrected chi connectivity index (χ4v) is 6.12. The van der Waals surface area contributed by atoms with Crippen LogP contribution in [0, 0.1) is 5.82 Å². The fourth-order valence-electron chi connectivity index (χ4n) is 3.06. The zero-order valence-corrected chi connectivity index (χ0v) is 15.8. The van der Waals surface area contributed by atoms with Gasteiger partial charge in [-0.15, -0.1) is 0 Å². The van der Waals surface area contributed by atoms with Crippen LogP contribution in [0.1, 0.15) is 30.4 Å². The Labute approximate surface area is 154 Å². The molecule has 2 heterocycles. The first-order valence-electron chi connectivity index (χ1n) is 8.44. The Morgan fingerprint density at radius 3 is 2.44 bits per heavy atom. The van der Waals surface area contributed by atoms with Crippen LogP contribution < -0.4 is 13.3 Å². The van der Waals surface area contributed by atoms with Crippen LogP contribution in [-0.4, -0.2) is 13.1 Å². The van der Waals surface area contributed by atoms with Crippen LogP contribution in [0.2, 0.25) is 0 Å². The van der Waals surface area contributed by atoms with E-state index in [1.54, 1.807) is 11.3 Å². The van der Waals surface area contributed by atoms with E-state index in [0.717, 1.165) is 30.0 Å². The lowest BCUT2D eigenvalue weighted by atomic mass is 10.0. The summed E-state index contributed by atoms with van der Waals surface area (Å²) in [5.74, 6) is 0.669. The monoisotopic (exact) mass is 372 g/mol. The summed E-state index contributed by atoms with van der Waals surface area (Å²) in [5.41, 5.74) is 2.13. The van der Waals surface area contributed by atoms with E-state index < -0.39 is 0 Å². The number of nitrogens with zero attached hydrogens (tertiary/aromatic N) is 1. The van der Waals surface area contributed by atoms with Crippen molar-refractivity contribution in [3.63, 3.8) is 0 Å². The lowest BCUT2D eigenvalue weighted by molar-refractivity contribution is 0.248. The highest BCUT2D eigenvalue weighted by Gasteiger charge is 2.31. The zero-order valence-electron chi connectivity index (χ0n) is 14.2. The Hall–Kier alpha value is -1.98. The Kier molecular flexibility index (Phi) is 4.44. The van der Waals surface area contributed by atoms with Crippen molar-refractivity contribution in [1.82, 2.24) is 4.58 Å². The Morgan fingerprint density at radius 1 is 1.00 bits per heavy atom. The summed E-state index contributed by atoms with van der Waals surface area (Å²) in [4.78, 5) is 2.47. The molecule has 2 aromatic carbocycles. The lowest BCUT2D eigenvalue weighted by Crippen LogP contribution is -2.25. The molecular weight excluding hydrogens is 353 g/mol. The summed E-state index contributed by atoms with van der Waals surface area (Å²) in [5, 5.41) is 0. The molecule has 0 amide bonds. The summed E-state index contributed by atoms with van der Waals surface area (Å²) >= 11 is 3.62. The first-order chi connectivity index (χ1) is 12.2. The predicted molar refractivity (Wildman–Crippen MR) is 103 cm³/mol. The van der Waals surface area contributed by atoms with Crippen molar-refractivity contribution in [1.29, 1.82) is 0 Å². The van der Waals surface area contributed by atoms with Crippen molar-refractivity contribution in [3.05, 3.63) is 68.8 Å². The Balaban J connectivity index is 1.94. The third-order valence-electron chi connectivity index (χ3n) is 4.42. The molecule has 0 saturated carbocycles. The maximum absolute atomic E-state index is 13.3. The van der Waals surface area contributed by atoms with Gasteiger partial charge in [-0.1, -0.05) is 46.9 Å². The van der Waals surface area contributed by atoms with Crippen LogP contribution in [-0.2, 0) is 0 Å². The minimum absolute atomic E-state index is 0.184. The summed E-state index contributed by atoms with van der Waals surface area (Å²) < 4.78 is 23.3. The Bertz CT molecular complexity index is 966. The topological polar surface area (TPSA) is 12.2 Å². The molecule has 1 aliphatic heterocycles. The second-order valence-electron chi connectivity index (χ2n) is 5.88. The number of ether oxygens (including phenoxy) is 1. The molecule has 0 aliphatic carbocycles. The molecule has 0 radical (unpaired) electrons. The minimum atomic E-state index is -0.224. The molecule has 4 rings (SSSR count). The molecule has 128 valence electrons. The summed E-state index contributed by atoms with van der Waals surface area (Å²) in [6, 6.07) is 14.8. The Morgan fingerprint density at radius 2 is 1.72 bits per heavy atom. The highest BCUT2D eigenvalue weighted by atomic mass is 32.2. The molecule has 3 aromatic rings. The van der Waals surface area contributed by atoms with Gasteiger partial charge in [0.25, 0.3) is 0 Å². The minimum Gasteiger partial charge on any atom is -0.479 e. The largest absolute Gasteiger partial charge is 0.479 e.